The minimum Gasteiger partial charge on any atom is -0.461 e. The maximum atomic E-state index is 10.7. The molecule has 0 rings (SSSR count). The topological polar surface area (TPSA) is 26.3 Å². The van der Waals surface area contributed by atoms with E-state index in [2.05, 4.69) is 11.7 Å². The Morgan fingerprint density at radius 3 is 2.36 bits per heavy atom. The smallest absolute Gasteiger partial charge is 0.305 e. The predicted molar refractivity (Wildman–Crippen MR) is 45.8 cm³/mol. The summed E-state index contributed by atoms with van der Waals surface area (Å²) in [5.74, 6) is -0.397. The van der Waals surface area contributed by atoms with Crippen LogP contribution < -0.4 is 0 Å². The summed E-state index contributed by atoms with van der Waals surface area (Å²) in [7, 11) is 0. The molecule has 5 heteroatoms. The van der Waals surface area contributed by atoms with Crippen molar-refractivity contribution in [2.24, 2.45) is 0 Å². The van der Waals surface area contributed by atoms with Crippen LogP contribution in [0.1, 0.15) is 12.8 Å². The molecule has 0 aromatic heterocycles. The van der Waals surface area contributed by atoms with Crippen molar-refractivity contribution in [1.29, 1.82) is 0 Å². The minimum atomic E-state index is -1.52. The molecule has 0 atom stereocenters. The van der Waals surface area contributed by atoms with E-state index in [9.17, 15) is 4.79 Å². The first-order chi connectivity index (χ1) is 4.95. The van der Waals surface area contributed by atoms with E-state index in [1.807, 2.05) is 0 Å². The fourth-order valence-electron chi connectivity index (χ4n) is 0.379. The molecule has 0 amide bonds. The van der Waals surface area contributed by atoms with E-state index < -0.39 is 9.76 Å². The van der Waals surface area contributed by atoms with Crippen molar-refractivity contribution in [2.75, 3.05) is 6.61 Å². The molecule has 65 valence electrons. The van der Waals surface area contributed by atoms with Crippen LogP contribution >= 0.6 is 34.8 Å². The third kappa shape index (κ3) is 8.24. The summed E-state index contributed by atoms with van der Waals surface area (Å²) in [5.41, 5.74) is 0. The van der Waals surface area contributed by atoms with Crippen LogP contribution in [0.25, 0.3) is 0 Å². The third-order valence-electron chi connectivity index (χ3n) is 0.778. The number of ether oxygens (including phenoxy) is 1. The van der Waals surface area contributed by atoms with Crippen molar-refractivity contribution in [1.82, 2.24) is 0 Å². The first-order valence-corrected chi connectivity index (χ1v) is 4.10. The Labute approximate surface area is 80.7 Å². The van der Waals surface area contributed by atoms with Crippen LogP contribution in [0.4, 0.5) is 0 Å². The quantitative estimate of drug-likeness (QED) is 0.537. The molecule has 0 fully saturated rings. The molecule has 0 aliphatic heterocycles. The van der Waals surface area contributed by atoms with Crippen LogP contribution in [0, 0.1) is 6.92 Å². The van der Waals surface area contributed by atoms with E-state index in [0.29, 0.717) is 6.42 Å². The maximum Gasteiger partial charge on any atom is 0.305 e. The Kier molecular flexibility index (Phi) is 5.23. The summed E-state index contributed by atoms with van der Waals surface area (Å²) in [5, 5.41) is 0. The summed E-state index contributed by atoms with van der Waals surface area (Å²) in [6, 6.07) is 0. The summed E-state index contributed by atoms with van der Waals surface area (Å²) in [6.45, 7) is 3.26. The lowest BCUT2D eigenvalue weighted by molar-refractivity contribution is -0.143. The summed E-state index contributed by atoms with van der Waals surface area (Å²) >= 11 is 15.9. The SMILES string of the molecule is [CH2]CCC(=O)OCC(Cl)(Cl)Cl. The second-order valence-corrected chi connectivity index (χ2v) is 4.40. The molecule has 1 radical (unpaired) electrons. The van der Waals surface area contributed by atoms with Crippen LogP contribution in [0.2, 0.25) is 0 Å². The van der Waals surface area contributed by atoms with Gasteiger partial charge in [-0.1, -0.05) is 41.7 Å². The monoisotopic (exact) mass is 217 g/mol. The Balaban J connectivity index is 3.46. The fraction of sp³-hybridized carbons (Fsp3) is 0.667. The number of alkyl halides is 3. The highest BCUT2D eigenvalue weighted by Crippen LogP contribution is 2.25. The first kappa shape index (κ1) is 11.3. The number of halogens is 3. The Bertz CT molecular complexity index is 130. The number of esters is 1. The lowest BCUT2D eigenvalue weighted by Gasteiger charge is -2.10. The standard InChI is InChI=1S/C6H8Cl3O2/c1-2-3-5(10)11-4-6(7,8)9/h1-4H2. The van der Waals surface area contributed by atoms with Crippen LogP contribution in [0.5, 0.6) is 0 Å². The second kappa shape index (κ2) is 5.07. The largest absolute Gasteiger partial charge is 0.461 e. The van der Waals surface area contributed by atoms with Gasteiger partial charge in [0.1, 0.15) is 6.61 Å². The molecule has 0 saturated heterocycles. The molecule has 0 unspecified atom stereocenters. The number of hydrogen-bond donors (Lipinski definition) is 0. The minimum absolute atomic E-state index is 0.212. The molecule has 0 heterocycles. The van der Waals surface area contributed by atoms with Crippen molar-refractivity contribution in [2.45, 2.75) is 16.6 Å². The van der Waals surface area contributed by atoms with Gasteiger partial charge in [-0.25, -0.2) is 0 Å². The Morgan fingerprint density at radius 2 is 2.00 bits per heavy atom. The second-order valence-electron chi connectivity index (χ2n) is 1.88. The van der Waals surface area contributed by atoms with E-state index in [1.54, 1.807) is 0 Å². The van der Waals surface area contributed by atoms with Crippen molar-refractivity contribution in [3.63, 3.8) is 0 Å². The maximum absolute atomic E-state index is 10.7. The molecule has 11 heavy (non-hydrogen) atoms. The fourth-order valence-corrected chi connectivity index (χ4v) is 0.542. The molecular weight excluding hydrogens is 210 g/mol. The lowest BCUT2D eigenvalue weighted by atomic mass is 10.3. The summed E-state index contributed by atoms with van der Waals surface area (Å²) in [4.78, 5) is 10.7. The highest BCUT2D eigenvalue weighted by Gasteiger charge is 2.21. The van der Waals surface area contributed by atoms with E-state index in [1.165, 1.54) is 0 Å². The third-order valence-corrected chi connectivity index (χ3v) is 1.11. The predicted octanol–water partition coefficient (Wildman–Crippen LogP) is 2.51. The van der Waals surface area contributed by atoms with E-state index in [4.69, 9.17) is 34.8 Å². The summed E-state index contributed by atoms with van der Waals surface area (Å²) < 4.78 is 3.06. The molecule has 2 nitrogen and oxygen atoms in total. The van der Waals surface area contributed by atoms with Crippen LogP contribution in [0.3, 0.4) is 0 Å². The molecule has 0 aliphatic rings. The number of hydrogen-bond acceptors (Lipinski definition) is 2. The van der Waals surface area contributed by atoms with Gasteiger partial charge in [0.2, 0.25) is 3.79 Å². The van der Waals surface area contributed by atoms with Crippen molar-refractivity contribution in [3.05, 3.63) is 6.92 Å². The van der Waals surface area contributed by atoms with Gasteiger partial charge in [-0.05, 0) is 6.42 Å². The van der Waals surface area contributed by atoms with Gasteiger partial charge in [0.15, 0.2) is 0 Å². The zero-order chi connectivity index (χ0) is 8.91. The molecule has 0 spiro atoms. The molecular formula is C6H8Cl3O2. The van der Waals surface area contributed by atoms with Crippen LogP contribution in [-0.4, -0.2) is 16.4 Å². The number of carbonyl (C=O) groups is 1. The van der Waals surface area contributed by atoms with Crippen LogP contribution in [-0.2, 0) is 9.53 Å². The molecule has 0 aromatic rings. The highest BCUT2D eigenvalue weighted by molar-refractivity contribution is 6.67. The first-order valence-electron chi connectivity index (χ1n) is 2.97. The molecule has 0 aliphatic carbocycles. The van der Waals surface area contributed by atoms with Crippen molar-refractivity contribution < 1.29 is 9.53 Å². The zero-order valence-electron chi connectivity index (χ0n) is 5.78. The zero-order valence-corrected chi connectivity index (χ0v) is 8.05. The van der Waals surface area contributed by atoms with Gasteiger partial charge in [-0.15, -0.1) is 0 Å². The van der Waals surface area contributed by atoms with Crippen molar-refractivity contribution in [3.8, 4) is 0 Å². The van der Waals surface area contributed by atoms with Gasteiger partial charge in [-0.2, -0.15) is 0 Å². The molecule has 0 bridgehead atoms. The Hall–Kier alpha value is 0.340. The Morgan fingerprint density at radius 1 is 1.45 bits per heavy atom. The van der Waals surface area contributed by atoms with Gasteiger partial charge >= 0.3 is 5.97 Å². The van der Waals surface area contributed by atoms with E-state index in [-0.39, 0.29) is 13.0 Å². The van der Waals surface area contributed by atoms with E-state index >= 15 is 0 Å². The molecule has 0 N–H and O–H groups in total. The van der Waals surface area contributed by atoms with Gasteiger partial charge in [0.25, 0.3) is 0 Å². The summed E-state index contributed by atoms with van der Waals surface area (Å²) in [6.07, 6.45) is 0.736. The van der Waals surface area contributed by atoms with Crippen LogP contribution in [0.15, 0.2) is 0 Å². The lowest BCUT2D eigenvalue weighted by Crippen LogP contribution is -2.16. The van der Waals surface area contributed by atoms with Gasteiger partial charge < -0.3 is 4.74 Å². The van der Waals surface area contributed by atoms with Gasteiger partial charge in [-0.3, -0.25) is 4.79 Å². The molecule has 0 aromatic carbocycles. The number of carbonyl (C=O) groups excluding carboxylic acids is 1. The number of rotatable bonds is 3. The molecule has 0 saturated carbocycles. The van der Waals surface area contributed by atoms with Gasteiger partial charge in [0.05, 0.1) is 0 Å². The van der Waals surface area contributed by atoms with Gasteiger partial charge in [0, 0.05) is 6.42 Å². The average Bonchev–Trinajstić information content (AvgIpc) is 1.83. The van der Waals surface area contributed by atoms with E-state index in [0.717, 1.165) is 0 Å². The average molecular weight is 218 g/mol. The normalized spacial score (nSPS) is 11.3. The van der Waals surface area contributed by atoms with Crippen molar-refractivity contribution >= 4 is 40.8 Å². The highest BCUT2D eigenvalue weighted by atomic mass is 35.6.